The Labute approximate surface area is 169 Å². The fourth-order valence-corrected chi connectivity index (χ4v) is 3.88. The minimum absolute atomic E-state index is 0.396. The molecule has 0 saturated heterocycles. The molecule has 0 saturated carbocycles. The van der Waals surface area contributed by atoms with Crippen molar-refractivity contribution in [3.8, 4) is 17.1 Å². The summed E-state index contributed by atoms with van der Waals surface area (Å²) in [6, 6.07) is 17.2. The molecule has 0 aliphatic carbocycles. The summed E-state index contributed by atoms with van der Waals surface area (Å²) in [6.45, 7) is 2.91. The lowest BCUT2D eigenvalue weighted by atomic mass is 10.1. The third-order valence-corrected chi connectivity index (χ3v) is 5.64. The molecule has 1 amide bonds. The molecule has 1 heterocycles. The van der Waals surface area contributed by atoms with Gasteiger partial charge in [-0.25, -0.2) is 0 Å². The number of benzene rings is 2. The molecule has 0 spiro atoms. The Morgan fingerprint density at radius 1 is 1.14 bits per heavy atom. The third kappa shape index (κ3) is 4.54. The first-order chi connectivity index (χ1) is 13.6. The van der Waals surface area contributed by atoms with Crippen LogP contribution in [0.4, 0.5) is 0 Å². The topological polar surface area (TPSA) is 83.0 Å². The van der Waals surface area contributed by atoms with Crippen molar-refractivity contribution >= 4 is 17.7 Å². The highest BCUT2D eigenvalue weighted by Crippen LogP contribution is 2.36. The van der Waals surface area contributed by atoms with Crippen LogP contribution in [0.25, 0.3) is 11.4 Å². The molecule has 146 valence electrons. The predicted octanol–water partition coefficient (Wildman–Crippen LogP) is 4.07. The summed E-state index contributed by atoms with van der Waals surface area (Å²) in [5, 5.41) is 8.94. The number of hydrogen-bond donors (Lipinski definition) is 1. The van der Waals surface area contributed by atoms with E-state index in [1.54, 1.807) is 7.11 Å². The second kappa shape index (κ2) is 9.41. The van der Waals surface area contributed by atoms with Gasteiger partial charge < -0.3 is 15.0 Å². The molecule has 3 aromatic rings. The molecule has 1 aromatic heterocycles. The number of unbranched alkanes of at least 4 members (excludes halogenated alkanes) is 1. The fraction of sp³-hybridized carbons (Fsp3) is 0.286. The maximum absolute atomic E-state index is 12.1. The summed E-state index contributed by atoms with van der Waals surface area (Å²) < 4.78 is 7.30. The minimum Gasteiger partial charge on any atom is -0.497 e. The van der Waals surface area contributed by atoms with Crippen LogP contribution in [-0.2, 0) is 11.3 Å². The molecule has 1 unspecified atom stereocenters. The van der Waals surface area contributed by atoms with Gasteiger partial charge in [-0.1, -0.05) is 55.4 Å². The molecular weight excluding hydrogens is 372 g/mol. The first kappa shape index (κ1) is 19.9. The normalized spacial score (nSPS) is 11.9. The number of nitrogens with zero attached hydrogens (tertiary/aromatic N) is 3. The first-order valence-corrected chi connectivity index (χ1v) is 10.1. The zero-order valence-corrected chi connectivity index (χ0v) is 16.9. The molecule has 0 aliphatic rings. The quantitative estimate of drug-likeness (QED) is 0.551. The highest BCUT2D eigenvalue weighted by atomic mass is 32.2. The van der Waals surface area contributed by atoms with Gasteiger partial charge in [-0.15, -0.1) is 10.2 Å². The Morgan fingerprint density at radius 3 is 2.46 bits per heavy atom. The van der Waals surface area contributed by atoms with Crippen LogP contribution in [0.15, 0.2) is 59.8 Å². The summed E-state index contributed by atoms with van der Waals surface area (Å²) in [5.41, 5.74) is 7.49. The number of aromatic nitrogens is 3. The number of nitrogens with two attached hydrogens (primary N) is 1. The zero-order valence-electron chi connectivity index (χ0n) is 16.0. The number of amides is 1. The summed E-state index contributed by atoms with van der Waals surface area (Å²) in [6.07, 6.45) is 2.03. The molecule has 28 heavy (non-hydrogen) atoms. The number of primary amides is 1. The summed E-state index contributed by atoms with van der Waals surface area (Å²) in [7, 11) is 1.64. The van der Waals surface area contributed by atoms with Gasteiger partial charge in [0.2, 0.25) is 5.91 Å². The second-order valence-electron chi connectivity index (χ2n) is 6.35. The van der Waals surface area contributed by atoms with Crippen LogP contribution in [-0.4, -0.2) is 27.8 Å². The molecule has 1 atom stereocenters. The second-order valence-corrected chi connectivity index (χ2v) is 7.42. The molecule has 0 aliphatic heterocycles. The number of thioether (sulfide) groups is 1. The maximum atomic E-state index is 12.1. The van der Waals surface area contributed by atoms with E-state index in [1.165, 1.54) is 11.8 Å². The van der Waals surface area contributed by atoms with Crippen molar-refractivity contribution in [1.82, 2.24) is 14.8 Å². The molecule has 3 rings (SSSR count). The van der Waals surface area contributed by atoms with Crippen LogP contribution in [0.2, 0.25) is 0 Å². The minimum atomic E-state index is -0.519. The Hall–Kier alpha value is -2.80. The first-order valence-electron chi connectivity index (χ1n) is 9.22. The fourth-order valence-electron chi connectivity index (χ4n) is 2.87. The SMILES string of the molecule is CCCCn1c(SC(C(N)=O)c2ccccc2)nnc1-c1ccc(OC)cc1. The van der Waals surface area contributed by atoms with Crippen molar-refractivity contribution < 1.29 is 9.53 Å². The third-order valence-electron chi connectivity index (χ3n) is 4.38. The van der Waals surface area contributed by atoms with Crippen LogP contribution in [0.1, 0.15) is 30.6 Å². The molecule has 6 nitrogen and oxygen atoms in total. The van der Waals surface area contributed by atoms with E-state index >= 15 is 0 Å². The van der Waals surface area contributed by atoms with Gasteiger partial charge in [0.15, 0.2) is 11.0 Å². The van der Waals surface area contributed by atoms with Gasteiger partial charge >= 0.3 is 0 Å². The Morgan fingerprint density at radius 2 is 1.86 bits per heavy atom. The standard InChI is InChI=1S/C21H24N4O2S/c1-3-4-14-25-20(16-10-12-17(27-2)13-11-16)23-24-21(25)28-18(19(22)26)15-8-6-5-7-9-15/h5-13,18H,3-4,14H2,1-2H3,(H2,22,26). The number of ether oxygens (including phenoxy) is 1. The van der Waals surface area contributed by atoms with E-state index in [-0.39, 0.29) is 0 Å². The summed E-state index contributed by atoms with van der Waals surface area (Å²) in [5.74, 6) is 1.16. The van der Waals surface area contributed by atoms with Crippen molar-refractivity contribution in [3.05, 3.63) is 60.2 Å². The van der Waals surface area contributed by atoms with Gasteiger partial charge in [0, 0.05) is 12.1 Å². The van der Waals surface area contributed by atoms with E-state index in [9.17, 15) is 4.79 Å². The molecule has 0 bridgehead atoms. The molecule has 7 heteroatoms. The van der Waals surface area contributed by atoms with E-state index in [2.05, 4.69) is 21.7 Å². The largest absolute Gasteiger partial charge is 0.497 e. The van der Waals surface area contributed by atoms with Crippen molar-refractivity contribution in [2.45, 2.75) is 36.7 Å². The van der Waals surface area contributed by atoms with Crippen LogP contribution in [0.5, 0.6) is 5.75 Å². The number of carbonyl (C=O) groups excluding carboxylic acids is 1. The van der Waals surface area contributed by atoms with Crippen molar-refractivity contribution in [2.24, 2.45) is 5.73 Å². The molecular formula is C21H24N4O2S. The van der Waals surface area contributed by atoms with Crippen LogP contribution in [0.3, 0.4) is 0 Å². The van der Waals surface area contributed by atoms with Gasteiger partial charge in [-0.2, -0.15) is 0 Å². The summed E-state index contributed by atoms with van der Waals surface area (Å²) in [4.78, 5) is 12.1. The van der Waals surface area contributed by atoms with E-state index in [0.29, 0.717) is 5.16 Å². The van der Waals surface area contributed by atoms with E-state index in [4.69, 9.17) is 10.5 Å². The van der Waals surface area contributed by atoms with Gasteiger partial charge in [-0.05, 0) is 36.2 Å². The smallest absolute Gasteiger partial charge is 0.235 e. The van der Waals surface area contributed by atoms with E-state index in [1.807, 2.05) is 54.6 Å². The number of hydrogen-bond acceptors (Lipinski definition) is 5. The highest BCUT2D eigenvalue weighted by molar-refractivity contribution is 8.00. The van der Waals surface area contributed by atoms with Gasteiger partial charge in [0.05, 0.1) is 7.11 Å². The average molecular weight is 397 g/mol. The molecule has 0 fully saturated rings. The Kier molecular flexibility index (Phi) is 6.71. The number of carbonyl (C=O) groups is 1. The number of methoxy groups -OCH3 is 1. The van der Waals surface area contributed by atoms with Crippen LogP contribution < -0.4 is 10.5 Å². The lowest BCUT2D eigenvalue weighted by Gasteiger charge is -2.15. The van der Waals surface area contributed by atoms with E-state index < -0.39 is 11.2 Å². The lowest BCUT2D eigenvalue weighted by molar-refractivity contribution is -0.117. The van der Waals surface area contributed by atoms with Crippen LogP contribution >= 0.6 is 11.8 Å². The Bertz CT molecular complexity index is 910. The average Bonchev–Trinajstić information content (AvgIpc) is 3.13. The van der Waals surface area contributed by atoms with Crippen molar-refractivity contribution in [1.29, 1.82) is 0 Å². The lowest BCUT2D eigenvalue weighted by Crippen LogP contribution is -2.19. The number of rotatable bonds is 9. The predicted molar refractivity (Wildman–Crippen MR) is 111 cm³/mol. The molecule has 0 radical (unpaired) electrons. The van der Waals surface area contributed by atoms with Gasteiger partial charge in [-0.3, -0.25) is 4.79 Å². The van der Waals surface area contributed by atoms with Crippen molar-refractivity contribution in [2.75, 3.05) is 7.11 Å². The van der Waals surface area contributed by atoms with Crippen LogP contribution in [0, 0.1) is 0 Å². The van der Waals surface area contributed by atoms with Crippen molar-refractivity contribution in [3.63, 3.8) is 0 Å². The molecule has 2 N–H and O–H groups in total. The highest BCUT2D eigenvalue weighted by Gasteiger charge is 2.24. The summed E-state index contributed by atoms with van der Waals surface area (Å²) >= 11 is 1.34. The molecule has 2 aromatic carbocycles. The Balaban J connectivity index is 1.95. The van der Waals surface area contributed by atoms with Gasteiger partial charge in [0.1, 0.15) is 11.0 Å². The monoisotopic (exact) mass is 396 g/mol. The van der Waals surface area contributed by atoms with E-state index in [0.717, 1.165) is 42.1 Å². The maximum Gasteiger partial charge on any atom is 0.235 e. The van der Waals surface area contributed by atoms with Gasteiger partial charge in [0.25, 0.3) is 0 Å². The zero-order chi connectivity index (χ0) is 19.9.